The predicted octanol–water partition coefficient (Wildman–Crippen LogP) is 2.65. The number of nitrogen functional groups attached to an aromatic ring is 1. The van der Waals surface area contributed by atoms with Crippen molar-refractivity contribution in [2.24, 2.45) is 0 Å². The Morgan fingerprint density at radius 2 is 1.85 bits per heavy atom. The fraction of sp³-hybridized carbons (Fsp3) is 0.0714. The molecule has 0 fully saturated rings. The second-order valence-electron chi connectivity index (χ2n) is 4.14. The number of hydrogen-bond donors (Lipinski definition) is 3. The predicted molar refractivity (Wildman–Crippen MR) is 73.9 cm³/mol. The molecule has 0 aromatic heterocycles. The molecule has 0 atom stereocenters. The first-order chi connectivity index (χ1) is 9.51. The summed E-state index contributed by atoms with van der Waals surface area (Å²) in [5.41, 5.74) is 7.36. The molecule has 0 aliphatic heterocycles. The Labute approximate surface area is 114 Å². The zero-order valence-electron chi connectivity index (χ0n) is 10.7. The smallest absolute Gasteiger partial charge is 0.251 e. The van der Waals surface area contributed by atoms with Gasteiger partial charge in [0.15, 0.2) is 11.6 Å². The molecule has 4 N–H and O–H groups in total. The fourth-order valence-corrected chi connectivity index (χ4v) is 1.68. The SMILES string of the molecule is CNC(=O)c1ccc(N)c(Nc2ccc(F)c(F)c2)c1. The van der Waals surface area contributed by atoms with Crippen LogP contribution in [-0.4, -0.2) is 13.0 Å². The summed E-state index contributed by atoms with van der Waals surface area (Å²) in [4.78, 5) is 11.5. The van der Waals surface area contributed by atoms with Gasteiger partial charge in [-0.15, -0.1) is 0 Å². The van der Waals surface area contributed by atoms with Gasteiger partial charge in [0.1, 0.15) is 0 Å². The van der Waals surface area contributed by atoms with E-state index in [0.29, 0.717) is 22.6 Å². The summed E-state index contributed by atoms with van der Waals surface area (Å²) in [5, 5.41) is 5.34. The zero-order valence-corrected chi connectivity index (χ0v) is 10.7. The first kappa shape index (κ1) is 13.8. The second-order valence-corrected chi connectivity index (χ2v) is 4.14. The zero-order chi connectivity index (χ0) is 14.7. The van der Waals surface area contributed by atoms with Gasteiger partial charge in [0, 0.05) is 24.4 Å². The van der Waals surface area contributed by atoms with Crippen molar-refractivity contribution in [3.05, 3.63) is 53.6 Å². The van der Waals surface area contributed by atoms with Gasteiger partial charge in [-0.25, -0.2) is 8.78 Å². The lowest BCUT2D eigenvalue weighted by Crippen LogP contribution is -2.17. The van der Waals surface area contributed by atoms with E-state index in [4.69, 9.17) is 5.73 Å². The van der Waals surface area contributed by atoms with E-state index in [1.165, 1.54) is 19.2 Å². The van der Waals surface area contributed by atoms with Crippen molar-refractivity contribution >= 4 is 23.0 Å². The van der Waals surface area contributed by atoms with E-state index in [-0.39, 0.29) is 5.91 Å². The highest BCUT2D eigenvalue weighted by molar-refractivity contribution is 5.96. The maximum atomic E-state index is 13.1. The minimum atomic E-state index is -0.962. The van der Waals surface area contributed by atoms with Crippen LogP contribution in [0.5, 0.6) is 0 Å². The maximum absolute atomic E-state index is 13.1. The van der Waals surface area contributed by atoms with Gasteiger partial charge in [0.05, 0.1) is 11.4 Å². The van der Waals surface area contributed by atoms with Crippen molar-refractivity contribution < 1.29 is 13.6 Å². The molecule has 0 spiro atoms. The molecule has 4 nitrogen and oxygen atoms in total. The molecule has 0 radical (unpaired) electrons. The number of nitrogens with two attached hydrogens (primary N) is 1. The van der Waals surface area contributed by atoms with Gasteiger partial charge in [-0.2, -0.15) is 0 Å². The summed E-state index contributed by atoms with van der Waals surface area (Å²) >= 11 is 0. The van der Waals surface area contributed by atoms with Crippen LogP contribution in [0.2, 0.25) is 0 Å². The minimum absolute atomic E-state index is 0.265. The molecule has 2 aromatic rings. The highest BCUT2D eigenvalue weighted by atomic mass is 19.2. The number of rotatable bonds is 3. The number of benzene rings is 2. The van der Waals surface area contributed by atoms with Crippen LogP contribution in [0.3, 0.4) is 0 Å². The fourth-order valence-electron chi connectivity index (χ4n) is 1.68. The molecule has 6 heteroatoms. The number of nitrogens with one attached hydrogen (secondary N) is 2. The van der Waals surface area contributed by atoms with Gasteiger partial charge < -0.3 is 16.4 Å². The Bertz CT molecular complexity index is 659. The molecular formula is C14H13F2N3O. The Morgan fingerprint density at radius 3 is 2.50 bits per heavy atom. The lowest BCUT2D eigenvalue weighted by molar-refractivity contribution is 0.0963. The van der Waals surface area contributed by atoms with Crippen LogP contribution in [-0.2, 0) is 0 Å². The molecule has 2 aromatic carbocycles. The number of carbonyl (C=O) groups is 1. The summed E-state index contributed by atoms with van der Waals surface area (Å²) in [5.74, 6) is -2.16. The molecule has 0 saturated heterocycles. The van der Waals surface area contributed by atoms with Gasteiger partial charge in [-0.1, -0.05) is 0 Å². The Balaban J connectivity index is 2.32. The van der Waals surface area contributed by atoms with Gasteiger partial charge in [-0.05, 0) is 30.3 Å². The quantitative estimate of drug-likeness (QED) is 0.755. The third-order valence-corrected chi connectivity index (χ3v) is 2.74. The third kappa shape index (κ3) is 2.85. The van der Waals surface area contributed by atoms with Crippen LogP contribution >= 0.6 is 0 Å². The number of amides is 1. The van der Waals surface area contributed by atoms with Gasteiger partial charge >= 0.3 is 0 Å². The van der Waals surface area contributed by atoms with Crippen molar-refractivity contribution in [1.29, 1.82) is 0 Å². The number of halogens is 2. The van der Waals surface area contributed by atoms with Crippen molar-refractivity contribution in [2.45, 2.75) is 0 Å². The highest BCUT2D eigenvalue weighted by Crippen LogP contribution is 2.25. The molecule has 104 valence electrons. The summed E-state index contributed by atoms with van der Waals surface area (Å²) < 4.78 is 26.0. The van der Waals surface area contributed by atoms with Gasteiger partial charge in [0.25, 0.3) is 5.91 Å². The maximum Gasteiger partial charge on any atom is 0.251 e. The van der Waals surface area contributed by atoms with Crippen LogP contribution in [0, 0.1) is 11.6 Å². The van der Waals surface area contributed by atoms with Gasteiger partial charge in [0.2, 0.25) is 0 Å². The van der Waals surface area contributed by atoms with E-state index >= 15 is 0 Å². The summed E-state index contributed by atoms with van der Waals surface area (Å²) in [6, 6.07) is 8.08. The van der Waals surface area contributed by atoms with E-state index in [2.05, 4.69) is 10.6 Å². The lowest BCUT2D eigenvalue weighted by atomic mass is 10.1. The summed E-state index contributed by atoms with van der Waals surface area (Å²) in [6.45, 7) is 0. The van der Waals surface area contributed by atoms with E-state index in [1.54, 1.807) is 12.1 Å². The highest BCUT2D eigenvalue weighted by Gasteiger charge is 2.08. The summed E-state index contributed by atoms with van der Waals surface area (Å²) in [6.07, 6.45) is 0. The average Bonchev–Trinajstić information content (AvgIpc) is 2.44. The van der Waals surface area contributed by atoms with Crippen LogP contribution in [0.15, 0.2) is 36.4 Å². The van der Waals surface area contributed by atoms with E-state index < -0.39 is 11.6 Å². The van der Waals surface area contributed by atoms with E-state index in [9.17, 15) is 13.6 Å². The average molecular weight is 277 g/mol. The normalized spacial score (nSPS) is 10.2. The number of anilines is 3. The third-order valence-electron chi connectivity index (χ3n) is 2.74. The monoisotopic (exact) mass is 277 g/mol. The second kappa shape index (κ2) is 5.56. The molecule has 0 aliphatic carbocycles. The van der Waals surface area contributed by atoms with Crippen LogP contribution < -0.4 is 16.4 Å². The molecule has 1 amide bonds. The molecule has 2 rings (SSSR count). The van der Waals surface area contributed by atoms with Crippen LogP contribution in [0.4, 0.5) is 25.8 Å². The molecule has 0 unspecified atom stereocenters. The van der Waals surface area contributed by atoms with Crippen molar-refractivity contribution in [1.82, 2.24) is 5.32 Å². The standard InChI is InChI=1S/C14H13F2N3O/c1-18-14(20)8-2-5-12(17)13(6-8)19-9-3-4-10(15)11(16)7-9/h2-7,19H,17H2,1H3,(H,18,20). The minimum Gasteiger partial charge on any atom is -0.397 e. The number of carbonyl (C=O) groups excluding carboxylic acids is 1. The Hall–Kier alpha value is -2.63. The Morgan fingerprint density at radius 1 is 1.10 bits per heavy atom. The van der Waals surface area contributed by atoms with Crippen LogP contribution in [0.1, 0.15) is 10.4 Å². The first-order valence-corrected chi connectivity index (χ1v) is 5.85. The topological polar surface area (TPSA) is 67.2 Å². The molecular weight excluding hydrogens is 264 g/mol. The number of hydrogen-bond acceptors (Lipinski definition) is 3. The van der Waals surface area contributed by atoms with E-state index in [0.717, 1.165) is 12.1 Å². The van der Waals surface area contributed by atoms with Crippen molar-refractivity contribution in [2.75, 3.05) is 18.1 Å². The van der Waals surface area contributed by atoms with E-state index in [1.807, 2.05) is 0 Å². The molecule has 0 aliphatic rings. The molecule has 0 bridgehead atoms. The largest absolute Gasteiger partial charge is 0.397 e. The first-order valence-electron chi connectivity index (χ1n) is 5.85. The Kier molecular flexibility index (Phi) is 3.84. The van der Waals surface area contributed by atoms with Crippen molar-refractivity contribution in [3.63, 3.8) is 0 Å². The summed E-state index contributed by atoms with van der Waals surface area (Å²) in [7, 11) is 1.52. The lowest BCUT2D eigenvalue weighted by Gasteiger charge is -2.11. The molecule has 0 saturated carbocycles. The molecule has 20 heavy (non-hydrogen) atoms. The van der Waals surface area contributed by atoms with Crippen molar-refractivity contribution in [3.8, 4) is 0 Å². The molecule has 0 heterocycles. The van der Waals surface area contributed by atoms with Gasteiger partial charge in [-0.3, -0.25) is 4.79 Å². The van der Waals surface area contributed by atoms with Crippen LogP contribution in [0.25, 0.3) is 0 Å².